The second-order valence-electron chi connectivity index (χ2n) is 5.18. The van der Waals surface area contributed by atoms with Crippen LogP contribution in [0.4, 0.5) is 0 Å². The molecule has 0 atom stereocenters. The molecule has 0 aliphatic rings. The highest BCUT2D eigenvalue weighted by Crippen LogP contribution is 2.24. The van der Waals surface area contributed by atoms with E-state index >= 15 is 0 Å². The predicted molar refractivity (Wildman–Crippen MR) is 87.0 cm³/mol. The highest BCUT2D eigenvalue weighted by atomic mass is 35.5. The summed E-state index contributed by atoms with van der Waals surface area (Å²) in [7, 11) is 1.70. The molecule has 0 radical (unpaired) electrons. The van der Waals surface area contributed by atoms with Crippen molar-refractivity contribution in [2.24, 2.45) is 0 Å². The van der Waals surface area contributed by atoms with Crippen molar-refractivity contribution in [3.05, 3.63) is 64.2 Å². The molecule has 0 spiro atoms. The summed E-state index contributed by atoms with van der Waals surface area (Å²) in [6.45, 7) is 5.24. The summed E-state index contributed by atoms with van der Waals surface area (Å²) in [5, 5.41) is 0. The average Bonchev–Trinajstić information content (AvgIpc) is 2.47. The first-order chi connectivity index (χ1) is 10.2. The Morgan fingerprint density at radius 1 is 0.952 bits per heavy atom. The zero-order chi connectivity index (χ0) is 15.2. The number of hydrogen-bond donors (Lipinski definition) is 0. The molecule has 0 unspecified atom stereocenters. The lowest BCUT2D eigenvalue weighted by Gasteiger charge is -2.14. The molecule has 0 fully saturated rings. The summed E-state index contributed by atoms with van der Waals surface area (Å²) in [5.41, 5.74) is 5.64. The van der Waals surface area contributed by atoms with Crippen LogP contribution in [0, 0.1) is 13.8 Å². The summed E-state index contributed by atoms with van der Waals surface area (Å²) >= 11 is 6.02. The Bertz CT molecular complexity index is 588. The van der Waals surface area contributed by atoms with E-state index in [9.17, 15) is 0 Å². The Hall–Kier alpha value is -1.51. The lowest BCUT2D eigenvalue weighted by atomic mass is 10.1. The maximum absolute atomic E-state index is 6.03. The van der Waals surface area contributed by atoms with Crippen LogP contribution >= 0.6 is 11.6 Å². The van der Waals surface area contributed by atoms with E-state index < -0.39 is 0 Å². The SMILES string of the molecule is COCc1ccc(CCl)c(COc2c(C)cccc2C)c1. The molecule has 0 aliphatic carbocycles. The molecule has 0 saturated heterocycles. The van der Waals surface area contributed by atoms with Crippen molar-refractivity contribution in [3.63, 3.8) is 0 Å². The van der Waals surface area contributed by atoms with Gasteiger partial charge < -0.3 is 9.47 Å². The summed E-state index contributed by atoms with van der Waals surface area (Å²) in [6, 6.07) is 12.4. The molecule has 0 saturated carbocycles. The smallest absolute Gasteiger partial charge is 0.125 e. The van der Waals surface area contributed by atoms with Crippen LogP contribution in [0.1, 0.15) is 27.8 Å². The minimum Gasteiger partial charge on any atom is -0.488 e. The molecular formula is C18H21ClO2. The monoisotopic (exact) mass is 304 g/mol. The lowest BCUT2D eigenvalue weighted by Crippen LogP contribution is -2.03. The summed E-state index contributed by atoms with van der Waals surface area (Å²) in [6.07, 6.45) is 0. The van der Waals surface area contributed by atoms with Gasteiger partial charge in [-0.05, 0) is 47.7 Å². The first-order valence-electron chi connectivity index (χ1n) is 7.00. The number of aryl methyl sites for hydroxylation is 2. The predicted octanol–water partition coefficient (Wildman–Crippen LogP) is 4.77. The maximum atomic E-state index is 6.03. The van der Waals surface area contributed by atoms with Crippen LogP contribution in [0.2, 0.25) is 0 Å². The highest BCUT2D eigenvalue weighted by Gasteiger charge is 2.07. The molecule has 2 rings (SSSR count). The number of methoxy groups -OCH3 is 1. The Morgan fingerprint density at radius 2 is 1.67 bits per heavy atom. The van der Waals surface area contributed by atoms with Crippen molar-refractivity contribution >= 4 is 11.6 Å². The van der Waals surface area contributed by atoms with Gasteiger partial charge in [-0.3, -0.25) is 0 Å². The van der Waals surface area contributed by atoms with Crippen molar-refractivity contribution < 1.29 is 9.47 Å². The van der Waals surface area contributed by atoms with Gasteiger partial charge in [-0.25, -0.2) is 0 Å². The Labute approximate surface area is 131 Å². The number of benzene rings is 2. The van der Waals surface area contributed by atoms with Crippen molar-refractivity contribution in [2.45, 2.75) is 32.9 Å². The third-order valence-electron chi connectivity index (χ3n) is 3.51. The van der Waals surface area contributed by atoms with E-state index in [1.807, 2.05) is 18.2 Å². The molecule has 21 heavy (non-hydrogen) atoms. The number of hydrogen-bond acceptors (Lipinski definition) is 2. The van der Waals surface area contributed by atoms with Crippen LogP contribution in [0.5, 0.6) is 5.75 Å². The van der Waals surface area contributed by atoms with Crippen LogP contribution in [0.3, 0.4) is 0 Å². The number of para-hydroxylation sites is 1. The van der Waals surface area contributed by atoms with Gasteiger partial charge in [0, 0.05) is 13.0 Å². The van der Waals surface area contributed by atoms with Gasteiger partial charge in [-0.15, -0.1) is 11.6 Å². The molecule has 0 N–H and O–H groups in total. The van der Waals surface area contributed by atoms with Gasteiger partial charge in [0.1, 0.15) is 12.4 Å². The summed E-state index contributed by atoms with van der Waals surface area (Å²) in [5.74, 6) is 1.44. The van der Waals surface area contributed by atoms with E-state index in [0.29, 0.717) is 19.1 Å². The molecule has 0 aromatic heterocycles. The van der Waals surface area contributed by atoms with Crippen molar-refractivity contribution in [3.8, 4) is 5.75 Å². The fourth-order valence-corrected chi connectivity index (χ4v) is 2.64. The van der Waals surface area contributed by atoms with Crippen molar-refractivity contribution in [1.29, 1.82) is 0 Å². The fraction of sp³-hybridized carbons (Fsp3) is 0.333. The molecule has 0 amide bonds. The second-order valence-corrected chi connectivity index (χ2v) is 5.45. The zero-order valence-corrected chi connectivity index (χ0v) is 13.5. The summed E-state index contributed by atoms with van der Waals surface area (Å²) in [4.78, 5) is 0. The molecular weight excluding hydrogens is 284 g/mol. The van der Waals surface area contributed by atoms with Crippen molar-refractivity contribution in [1.82, 2.24) is 0 Å². The first kappa shape index (κ1) is 15.9. The molecule has 2 aromatic carbocycles. The minimum absolute atomic E-state index is 0.485. The highest BCUT2D eigenvalue weighted by molar-refractivity contribution is 6.17. The zero-order valence-electron chi connectivity index (χ0n) is 12.8. The van der Waals surface area contributed by atoms with E-state index in [0.717, 1.165) is 33.6 Å². The quantitative estimate of drug-likeness (QED) is 0.716. The van der Waals surface area contributed by atoms with Crippen LogP contribution in [0.15, 0.2) is 36.4 Å². The maximum Gasteiger partial charge on any atom is 0.125 e. The normalized spacial score (nSPS) is 10.7. The van der Waals surface area contributed by atoms with E-state index in [4.69, 9.17) is 21.1 Å². The van der Waals surface area contributed by atoms with E-state index in [2.05, 4.69) is 32.0 Å². The van der Waals surface area contributed by atoms with Crippen molar-refractivity contribution in [2.75, 3.05) is 7.11 Å². The fourth-order valence-electron chi connectivity index (χ4n) is 2.38. The number of halogens is 1. The third-order valence-corrected chi connectivity index (χ3v) is 3.79. The molecule has 0 bridgehead atoms. The van der Waals surface area contributed by atoms with Crippen LogP contribution in [0.25, 0.3) is 0 Å². The Balaban J connectivity index is 2.20. The second kappa shape index (κ2) is 7.48. The molecule has 2 aromatic rings. The van der Waals surface area contributed by atoms with Gasteiger partial charge in [0.05, 0.1) is 6.61 Å². The lowest BCUT2D eigenvalue weighted by molar-refractivity contribution is 0.184. The Kier molecular flexibility index (Phi) is 5.66. The van der Waals surface area contributed by atoms with Gasteiger partial charge >= 0.3 is 0 Å². The average molecular weight is 305 g/mol. The van der Waals surface area contributed by atoms with Crippen LogP contribution in [-0.4, -0.2) is 7.11 Å². The first-order valence-corrected chi connectivity index (χ1v) is 7.53. The summed E-state index contributed by atoms with van der Waals surface area (Å²) < 4.78 is 11.2. The topological polar surface area (TPSA) is 18.5 Å². The van der Waals surface area contributed by atoms with Crippen LogP contribution in [-0.2, 0) is 23.8 Å². The third kappa shape index (κ3) is 3.99. The number of ether oxygens (including phenoxy) is 2. The Morgan fingerprint density at radius 3 is 2.29 bits per heavy atom. The molecule has 0 heterocycles. The van der Waals surface area contributed by atoms with E-state index in [-0.39, 0.29) is 0 Å². The largest absolute Gasteiger partial charge is 0.488 e. The van der Waals surface area contributed by atoms with E-state index in [1.165, 1.54) is 0 Å². The standard InChI is InChI=1S/C18H21ClO2/c1-13-5-4-6-14(2)18(13)21-12-17-9-15(11-20-3)7-8-16(17)10-19/h4-9H,10-12H2,1-3H3. The van der Waals surface area contributed by atoms with Gasteiger partial charge in [0.2, 0.25) is 0 Å². The number of rotatable bonds is 6. The minimum atomic E-state index is 0.485. The van der Waals surface area contributed by atoms with Gasteiger partial charge in [-0.1, -0.05) is 30.3 Å². The molecule has 112 valence electrons. The van der Waals surface area contributed by atoms with Gasteiger partial charge in [0.25, 0.3) is 0 Å². The van der Waals surface area contributed by atoms with Gasteiger partial charge in [0.15, 0.2) is 0 Å². The molecule has 2 nitrogen and oxygen atoms in total. The number of alkyl halides is 1. The van der Waals surface area contributed by atoms with Crippen LogP contribution < -0.4 is 4.74 Å². The molecule has 3 heteroatoms. The van der Waals surface area contributed by atoms with E-state index in [1.54, 1.807) is 7.11 Å². The molecule has 0 aliphatic heterocycles. The van der Waals surface area contributed by atoms with Gasteiger partial charge in [-0.2, -0.15) is 0 Å².